The Hall–Kier alpha value is -1.16. The van der Waals surface area contributed by atoms with Crippen LogP contribution in [0.1, 0.15) is 39.5 Å². The second kappa shape index (κ2) is 5.45. The fourth-order valence-corrected chi connectivity index (χ4v) is 3.64. The van der Waals surface area contributed by atoms with E-state index < -0.39 is 17.5 Å². The van der Waals surface area contributed by atoms with E-state index in [0.717, 1.165) is 12.8 Å². The SMILES string of the molecule is CCCC12C=CC(=O)CC1C(C(CC)C(=O)O)CO2. The first-order valence-corrected chi connectivity index (χ1v) is 7.13. The largest absolute Gasteiger partial charge is 0.481 e. The molecule has 0 saturated carbocycles. The quantitative estimate of drug-likeness (QED) is 0.830. The summed E-state index contributed by atoms with van der Waals surface area (Å²) < 4.78 is 5.98. The summed E-state index contributed by atoms with van der Waals surface area (Å²) in [7, 11) is 0. The Morgan fingerprint density at radius 1 is 1.58 bits per heavy atom. The zero-order valence-corrected chi connectivity index (χ0v) is 11.6. The van der Waals surface area contributed by atoms with Crippen molar-refractivity contribution in [2.45, 2.75) is 45.1 Å². The predicted molar refractivity (Wildman–Crippen MR) is 70.8 cm³/mol. The van der Waals surface area contributed by atoms with Gasteiger partial charge in [-0.25, -0.2) is 0 Å². The van der Waals surface area contributed by atoms with E-state index in [0.29, 0.717) is 19.4 Å². The van der Waals surface area contributed by atoms with Crippen LogP contribution >= 0.6 is 0 Å². The first-order chi connectivity index (χ1) is 9.04. The number of hydrogen-bond acceptors (Lipinski definition) is 3. The molecule has 2 aliphatic rings. The number of ketones is 1. The molecule has 19 heavy (non-hydrogen) atoms. The number of carbonyl (C=O) groups excluding carboxylic acids is 1. The standard InChI is InChI=1S/C15H22O4/c1-3-6-15-7-5-10(16)8-13(15)12(9-19-15)11(4-2)14(17)18/h5,7,11-13H,3-4,6,8-9H2,1-2H3,(H,17,18). The Kier molecular flexibility index (Phi) is 4.09. The topological polar surface area (TPSA) is 63.6 Å². The number of rotatable bonds is 5. The van der Waals surface area contributed by atoms with Gasteiger partial charge in [0.05, 0.1) is 18.1 Å². The van der Waals surface area contributed by atoms with Crippen LogP contribution in [-0.2, 0) is 14.3 Å². The average Bonchev–Trinajstić information content (AvgIpc) is 2.70. The molecule has 1 heterocycles. The lowest BCUT2D eigenvalue weighted by Gasteiger charge is -2.36. The molecule has 0 aromatic heterocycles. The molecule has 4 nitrogen and oxygen atoms in total. The van der Waals surface area contributed by atoms with Gasteiger partial charge in [0.15, 0.2) is 5.78 Å². The molecule has 1 fully saturated rings. The molecule has 0 aromatic rings. The molecule has 106 valence electrons. The van der Waals surface area contributed by atoms with Crippen molar-refractivity contribution in [1.29, 1.82) is 0 Å². The second-order valence-electron chi connectivity index (χ2n) is 5.64. The number of allylic oxidation sites excluding steroid dienone is 1. The van der Waals surface area contributed by atoms with Crippen LogP contribution in [-0.4, -0.2) is 29.1 Å². The number of carbonyl (C=O) groups is 2. The molecule has 0 aromatic carbocycles. The van der Waals surface area contributed by atoms with Crippen LogP contribution in [0, 0.1) is 17.8 Å². The maximum atomic E-state index is 11.7. The van der Waals surface area contributed by atoms with Crippen LogP contribution in [0.2, 0.25) is 0 Å². The summed E-state index contributed by atoms with van der Waals surface area (Å²) in [5.74, 6) is -1.13. The van der Waals surface area contributed by atoms with E-state index >= 15 is 0 Å². The Labute approximate surface area is 113 Å². The molecule has 4 unspecified atom stereocenters. The van der Waals surface area contributed by atoms with Gasteiger partial charge >= 0.3 is 5.97 Å². The Bertz CT molecular complexity index is 401. The molecule has 2 rings (SSSR count). The third kappa shape index (κ3) is 2.46. The van der Waals surface area contributed by atoms with Crippen LogP contribution < -0.4 is 0 Å². The van der Waals surface area contributed by atoms with Gasteiger partial charge in [-0.05, 0) is 25.0 Å². The van der Waals surface area contributed by atoms with Crippen molar-refractivity contribution in [2.24, 2.45) is 17.8 Å². The highest BCUT2D eigenvalue weighted by molar-refractivity contribution is 5.91. The van der Waals surface area contributed by atoms with Crippen molar-refractivity contribution in [2.75, 3.05) is 6.61 Å². The normalized spacial score (nSPS) is 35.2. The van der Waals surface area contributed by atoms with E-state index in [9.17, 15) is 14.7 Å². The average molecular weight is 266 g/mol. The highest BCUT2D eigenvalue weighted by atomic mass is 16.5. The molecule has 4 heteroatoms. The van der Waals surface area contributed by atoms with Gasteiger partial charge in [0, 0.05) is 18.3 Å². The van der Waals surface area contributed by atoms with Gasteiger partial charge in [-0.15, -0.1) is 0 Å². The van der Waals surface area contributed by atoms with E-state index in [4.69, 9.17) is 4.74 Å². The first kappa shape index (κ1) is 14.3. The Balaban J connectivity index is 2.29. The molecule has 0 amide bonds. The molecule has 0 radical (unpaired) electrons. The summed E-state index contributed by atoms with van der Waals surface area (Å²) >= 11 is 0. The van der Waals surface area contributed by atoms with E-state index in [2.05, 4.69) is 6.92 Å². The zero-order valence-electron chi connectivity index (χ0n) is 11.6. The Morgan fingerprint density at radius 3 is 2.89 bits per heavy atom. The number of aliphatic carboxylic acids is 1. The van der Waals surface area contributed by atoms with E-state index in [-0.39, 0.29) is 17.6 Å². The summed E-state index contributed by atoms with van der Waals surface area (Å²) in [5, 5.41) is 9.35. The van der Waals surface area contributed by atoms with Gasteiger partial charge in [-0.2, -0.15) is 0 Å². The van der Waals surface area contributed by atoms with Crippen LogP contribution in [0.4, 0.5) is 0 Å². The second-order valence-corrected chi connectivity index (χ2v) is 5.64. The van der Waals surface area contributed by atoms with Crippen LogP contribution in [0.5, 0.6) is 0 Å². The van der Waals surface area contributed by atoms with E-state index in [1.54, 1.807) is 6.08 Å². The molecule has 1 aliphatic heterocycles. The maximum Gasteiger partial charge on any atom is 0.306 e. The predicted octanol–water partition coefficient (Wildman–Crippen LogP) is 2.43. The lowest BCUT2D eigenvalue weighted by molar-refractivity contribution is -0.144. The van der Waals surface area contributed by atoms with Crippen molar-refractivity contribution in [1.82, 2.24) is 0 Å². The van der Waals surface area contributed by atoms with Gasteiger partial charge in [0.25, 0.3) is 0 Å². The minimum absolute atomic E-state index is 0.0194. The monoisotopic (exact) mass is 266 g/mol. The number of ether oxygens (including phenoxy) is 1. The minimum atomic E-state index is -0.773. The van der Waals surface area contributed by atoms with Crippen molar-refractivity contribution in [3.63, 3.8) is 0 Å². The maximum absolute atomic E-state index is 11.7. The number of fused-ring (bicyclic) bond motifs is 1. The van der Waals surface area contributed by atoms with Gasteiger partial charge in [0.2, 0.25) is 0 Å². The summed E-state index contributed by atoms with van der Waals surface area (Å²) in [4.78, 5) is 23.1. The smallest absolute Gasteiger partial charge is 0.306 e. The van der Waals surface area contributed by atoms with Gasteiger partial charge in [-0.1, -0.05) is 20.3 Å². The number of carboxylic acid groups (broad SMARTS) is 1. The lowest BCUT2D eigenvalue weighted by Crippen LogP contribution is -2.41. The fourth-order valence-electron chi connectivity index (χ4n) is 3.64. The summed E-state index contributed by atoms with van der Waals surface area (Å²) in [6.07, 6.45) is 6.31. The van der Waals surface area contributed by atoms with E-state index in [1.807, 2.05) is 13.0 Å². The molecular weight excluding hydrogens is 244 g/mol. The van der Waals surface area contributed by atoms with Crippen molar-refractivity contribution in [3.05, 3.63) is 12.2 Å². The lowest BCUT2D eigenvalue weighted by atomic mass is 9.68. The molecule has 0 bridgehead atoms. The van der Waals surface area contributed by atoms with E-state index in [1.165, 1.54) is 0 Å². The molecule has 1 aliphatic carbocycles. The van der Waals surface area contributed by atoms with Crippen molar-refractivity contribution >= 4 is 11.8 Å². The third-order valence-electron chi connectivity index (χ3n) is 4.58. The van der Waals surface area contributed by atoms with Gasteiger partial charge in [-0.3, -0.25) is 9.59 Å². The highest BCUT2D eigenvalue weighted by Gasteiger charge is 2.52. The molecular formula is C15H22O4. The Morgan fingerprint density at radius 2 is 2.32 bits per heavy atom. The summed E-state index contributed by atoms with van der Waals surface area (Å²) in [5.41, 5.74) is -0.407. The van der Waals surface area contributed by atoms with Crippen molar-refractivity contribution in [3.8, 4) is 0 Å². The van der Waals surface area contributed by atoms with Crippen LogP contribution in [0.15, 0.2) is 12.2 Å². The molecule has 4 atom stereocenters. The molecule has 1 saturated heterocycles. The van der Waals surface area contributed by atoms with Crippen molar-refractivity contribution < 1.29 is 19.4 Å². The van der Waals surface area contributed by atoms with Crippen LogP contribution in [0.3, 0.4) is 0 Å². The first-order valence-electron chi connectivity index (χ1n) is 7.13. The fraction of sp³-hybridized carbons (Fsp3) is 0.733. The molecule has 1 N–H and O–H groups in total. The van der Waals surface area contributed by atoms with Crippen LogP contribution in [0.25, 0.3) is 0 Å². The summed E-state index contributed by atoms with van der Waals surface area (Å²) in [6, 6.07) is 0. The molecule has 0 spiro atoms. The highest BCUT2D eigenvalue weighted by Crippen LogP contribution is 2.48. The third-order valence-corrected chi connectivity index (χ3v) is 4.58. The number of hydrogen-bond donors (Lipinski definition) is 1. The summed E-state index contributed by atoms with van der Waals surface area (Å²) in [6.45, 7) is 4.42. The number of carboxylic acids is 1. The zero-order chi connectivity index (χ0) is 14.0. The van der Waals surface area contributed by atoms with Gasteiger partial charge in [0.1, 0.15) is 0 Å². The minimum Gasteiger partial charge on any atom is -0.481 e. The van der Waals surface area contributed by atoms with Gasteiger partial charge < -0.3 is 9.84 Å².